The third-order valence-corrected chi connectivity index (χ3v) is 1.85. The Kier molecular flexibility index (Phi) is 8.46. The van der Waals surface area contributed by atoms with Gasteiger partial charge in [0.1, 0.15) is 6.61 Å². The van der Waals surface area contributed by atoms with Gasteiger partial charge in [0.25, 0.3) is 0 Å². The van der Waals surface area contributed by atoms with Crippen LogP contribution in [0.3, 0.4) is 0 Å². The number of carbonyl (C=O) groups is 2. The molecule has 1 N–H and O–H groups in total. The second-order valence-electron chi connectivity index (χ2n) is 4.05. The molecule has 0 saturated carbocycles. The summed E-state index contributed by atoms with van der Waals surface area (Å²) in [5.41, 5.74) is 0.113. The lowest BCUT2D eigenvalue weighted by molar-refractivity contribution is -0.402. The largest absolute Gasteiger partial charge is 0.460 e. The quantitative estimate of drug-likeness (QED) is 0.280. The molecule has 0 atom stereocenters. The van der Waals surface area contributed by atoms with Gasteiger partial charge < -0.3 is 14.8 Å². The van der Waals surface area contributed by atoms with Crippen molar-refractivity contribution >= 4 is 12.1 Å². The fraction of sp³-hybridized carbons (Fsp3) is 0.636. The average Bonchev–Trinajstić information content (AvgIpc) is 2.39. The molecule has 0 aromatic heterocycles. The Bertz CT molecular complexity index is 431. The Morgan fingerprint density at radius 2 is 1.65 bits per heavy atom. The molecular formula is C11H14F5NO6. The van der Waals surface area contributed by atoms with Gasteiger partial charge >= 0.3 is 24.3 Å². The van der Waals surface area contributed by atoms with Crippen molar-refractivity contribution in [1.29, 1.82) is 0 Å². The van der Waals surface area contributed by atoms with Crippen LogP contribution in [0.15, 0.2) is 12.2 Å². The Balaban J connectivity index is 4.03. The van der Waals surface area contributed by atoms with Crippen molar-refractivity contribution in [1.82, 2.24) is 5.32 Å². The molecule has 0 radical (unpaired) electrons. The van der Waals surface area contributed by atoms with Gasteiger partial charge in [0, 0.05) is 5.57 Å². The first-order chi connectivity index (χ1) is 10.5. The van der Waals surface area contributed by atoms with E-state index in [9.17, 15) is 31.7 Å². The van der Waals surface area contributed by atoms with Crippen LogP contribution >= 0.6 is 0 Å². The molecule has 0 aliphatic rings. The molecule has 0 aliphatic carbocycles. The summed E-state index contributed by atoms with van der Waals surface area (Å²) in [7, 11) is 0. The zero-order valence-corrected chi connectivity index (χ0v) is 11.9. The van der Waals surface area contributed by atoms with Gasteiger partial charge in [0.15, 0.2) is 13.2 Å². The van der Waals surface area contributed by atoms with E-state index in [2.05, 4.69) is 25.7 Å². The molecule has 0 bridgehead atoms. The molecule has 0 aromatic rings. The number of hydrogen-bond acceptors (Lipinski definition) is 6. The van der Waals surface area contributed by atoms with Crippen molar-refractivity contribution in [2.45, 2.75) is 19.1 Å². The highest BCUT2D eigenvalue weighted by Crippen LogP contribution is 2.27. The lowest BCUT2D eigenvalue weighted by atomic mass is 10.4. The van der Waals surface area contributed by atoms with Crippen LogP contribution in [-0.4, -0.2) is 50.6 Å². The summed E-state index contributed by atoms with van der Waals surface area (Å²) in [4.78, 5) is 24.5. The molecule has 0 rings (SSSR count). The predicted molar refractivity (Wildman–Crippen MR) is 63.2 cm³/mol. The van der Waals surface area contributed by atoms with Gasteiger partial charge in [-0.05, 0) is 11.4 Å². The first-order valence-corrected chi connectivity index (χ1v) is 5.92. The Hall–Kier alpha value is -1.95. The third-order valence-electron chi connectivity index (χ3n) is 1.85. The van der Waals surface area contributed by atoms with Crippen LogP contribution in [-0.2, 0) is 23.9 Å². The molecule has 0 saturated heterocycles. The molecular weight excluding hydrogens is 337 g/mol. The highest BCUT2D eigenvalue weighted by molar-refractivity contribution is 5.86. The van der Waals surface area contributed by atoms with Gasteiger partial charge in [-0.1, -0.05) is 6.58 Å². The highest BCUT2D eigenvalue weighted by atomic mass is 19.3. The minimum absolute atomic E-state index is 0.113. The van der Waals surface area contributed by atoms with Gasteiger partial charge in [-0.25, -0.2) is 9.59 Å². The smallest absolute Gasteiger partial charge is 0.407 e. The number of alkyl halides is 4. The Morgan fingerprint density at radius 1 is 1.09 bits per heavy atom. The molecule has 23 heavy (non-hydrogen) atoms. The molecule has 0 aromatic carbocycles. The van der Waals surface area contributed by atoms with Crippen molar-refractivity contribution in [3.63, 3.8) is 0 Å². The summed E-state index contributed by atoms with van der Waals surface area (Å²) in [6, 6.07) is 0. The summed E-state index contributed by atoms with van der Waals surface area (Å²) in [5, 5.41) is 1.91. The Labute approximate surface area is 127 Å². The van der Waals surface area contributed by atoms with Gasteiger partial charge in [0.05, 0.1) is 6.54 Å². The van der Waals surface area contributed by atoms with Crippen LogP contribution in [0.4, 0.5) is 26.9 Å². The van der Waals surface area contributed by atoms with Gasteiger partial charge in [-0.3, -0.25) is 4.74 Å². The summed E-state index contributed by atoms with van der Waals surface area (Å²) in [6.07, 6.45) is -10.6. The number of hydrogen-bond donors (Lipinski definition) is 1. The lowest BCUT2D eigenvalue weighted by Crippen LogP contribution is -2.41. The minimum atomic E-state index is -4.62. The number of ether oxygens (including phenoxy) is 3. The van der Waals surface area contributed by atoms with E-state index >= 15 is 0 Å². The molecule has 0 aliphatic heterocycles. The maximum absolute atomic E-state index is 12.9. The number of esters is 1. The van der Waals surface area contributed by atoms with E-state index in [0.29, 0.717) is 0 Å². The van der Waals surface area contributed by atoms with Gasteiger partial charge in [-0.15, -0.1) is 0 Å². The number of carbonyl (C=O) groups excluding carboxylic acids is 2. The summed E-state index contributed by atoms with van der Waals surface area (Å²) >= 11 is 0. The number of nitrogens with one attached hydrogen (secondary N) is 1. The number of halogens is 5. The second-order valence-corrected chi connectivity index (χ2v) is 4.05. The molecule has 7 nitrogen and oxygen atoms in total. The van der Waals surface area contributed by atoms with E-state index in [0.717, 1.165) is 0 Å². The van der Waals surface area contributed by atoms with Crippen LogP contribution in [0.25, 0.3) is 0 Å². The fourth-order valence-electron chi connectivity index (χ4n) is 0.962. The molecule has 134 valence electrons. The number of amides is 1. The van der Waals surface area contributed by atoms with Crippen molar-refractivity contribution in [3.05, 3.63) is 12.2 Å². The summed E-state index contributed by atoms with van der Waals surface area (Å²) < 4.78 is 73.6. The van der Waals surface area contributed by atoms with E-state index in [4.69, 9.17) is 0 Å². The summed E-state index contributed by atoms with van der Waals surface area (Å²) in [5.74, 6) is -0.725. The van der Waals surface area contributed by atoms with Crippen LogP contribution in [0.1, 0.15) is 6.92 Å². The highest BCUT2D eigenvalue weighted by Gasteiger charge is 2.45. The SMILES string of the molecule is C=C(C)C(=O)OCCNC(=O)OCC(F)(F)OC(F)(F)COF. The topological polar surface area (TPSA) is 83.1 Å². The standard InChI is InChI=1S/C11H14F5NO6/c1-7(2)8(18)20-4-3-17-9(19)21-5-10(12,13)23-11(14,15)6-22-16/h1,3-6H2,2H3,(H,17,19). The number of alkyl carbamates (subject to hydrolysis) is 1. The van der Waals surface area contributed by atoms with Crippen LogP contribution < -0.4 is 5.32 Å². The summed E-state index contributed by atoms with van der Waals surface area (Å²) in [6.45, 7) is 0.194. The van der Waals surface area contributed by atoms with Crippen molar-refractivity contribution < 1.29 is 50.8 Å². The first-order valence-electron chi connectivity index (χ1n) is 5.92. The maximum Gasteiger partial charge on any atom is 0.407 e. The molecule has 12 heteroatoms. The molecule has 0 heterocycles. The second kappa shape index (κ2) is 9.25. The van der Waals surface area contributed by atoms with E-state index in [1.165, 1.54) is 6.92 Å². The average molecular weight is 351 g/mol. The van der Waals surface area contributed by atoms with Crippen molar-refractivity contribution in [2.75, 3.05) is 26.4 Å². The van der Waals surface area contributed by atoms with E-state index in [1.807, 2.05) is 5.32 Å². The fourth-order valence-corrected chi connectivity index (χ4v) is 0.962. The normalized spacial score (nSPS) is 11.7. The molecule has 0 spiro atoms. The monoisotopic (exact) mass is 351 g/mol. The van der Waals surface area contributed by atoms with Crippen molar-refractivity contribution in [2.24, 2.45) is 0 Å². The van der Waals surface area contributed by atoms with Crippen LogP contribution in [0.5, 0.6) is 0 Å². The maximum atomic E-state index is 12.9. The van der Waals surface area contributed by atoms with Crippen LogP contribution in [0.2, 0.25) is 0 Å². The van der Waals surface area contributed by atoms with Crippen LogP contribution in [0, 0.1) is 0 Å². The van der Waals surface area contributed by atoms with E-state index < -0.39 is 37.5 Å². The van der Waals surface area contributed by atoms with Gasteiger partial charge in [-0.2, -0.15) is 22.5 Å². The van der Waals surface area contributed by atoms with E-state index in [1.54, 1.807) is 0 Å². The van der Waals surface area contributed by atoms with Gasteiger partial charge in [0.2, 0.25) is 0 Å². The minimum Gasteiger partial charge on any atom is -0.460 e. The zero-order valence-electron chi connectivity index (χ0n) is 11.9. The number of rotatable bonds is 10. The predicted octanol–water partition coefficient (Wildman–Crippen LogP) is 1.94. The first kappa shape index (κ1) is 21.0. The third kappa shape index (κ3) is 10.4. The lowest BCUT2D eigenvalue weighted by Gasteiger charge is -2.22. The molecule has 0 unspecified atom stereocenters. The molecule has 0 fully saturated rings. The van der Waals surface area contributed by atoms with Crippen molar-refractivity contribution in [3.8, 4) is 0 Å². The Morgan fingerprint density at radius 3 is 2.17 bits per heavy atom. The molecule has 1 amide bonds. The van der Waals surface area contributed by atoms with E-state index in [-0.39, 0.29) is 18.7 Å². The zero-order chi connectivity index (χ0) is 18.1.